The maximum absolute atomic E-state index is 12.8. The molecule has 32 heavy (non-hydrogen) atoms. The Hall–Kier alpha value is -3.69. The molecule has 0 aliphatic heterocycles. The van der Waals surface area contributed by atoms with E-state index in [4.69, 9.17) is 10.8 Å². The van der Waals surface area contributed by atoms with Crippen LogP contribution in [0.25, 0.3) is 10.9 Å². The maximum Gasteiger partial charge on any atom is 0.328 e. The van der Waals surface area contributed by atoms with Crippen molar-refractivity contribution in [2.24, 2.45) is 5.73 Å². The number of carbonyl (C=O) groups excluding carboxylic acids is 2. The molecule has 3 aromatic rings. The average Bonchev–Trinajstić information content (AvgIpc) is 3.20. The molecule has 7 N–H and O–H groups in total. The lowest BCUT2D eigenvalue weighted by molar-refractivity contribution is -0.143. The number of aromatic nitrogens is 1. The highest BCUT2D eigenvalue weighted by Gasteiger charge is 2.28. The summed E-state index contributed by atoms with van der Waals surface area (Å²) >= 11 is 0. The van der Waals surface area contributed by atoms with Crippen molar-refractivity contribution >= 4 is 28.7 Å². The van der Waals surface area contributed by atoms with Crippen LogP contribution in [-0.4, -0.2) is 57.7 Å². The number of para-hydroxylation sites is 1. The van der Waals surface area contributed by atoms with Gasteiger partial charge in [0.2, 0.25) is 11.8 Å². The number of hydrogen-bond acceptors (Lipinski definition) is 5. The number of fused-ring (bicyclic) bond motifs is 1. The number of aliphatic hydroxyl groups excluding tert-OH is 1. The number of aliphatic hydroxyl groups is 1. The largest absolute Gasteiger partial charge is 0.480 e. The molecule has 3 unspecified atom stereocenters. The van der Waals surface area contributed by atoms with E-state index in [-0.39, 0.29) is 12.8 Å². The molecule has 0 aliphatic carbocycles. The number of carboxylic acids is 1. The molecule has 0 saturated carbocycles. The van der Waals surface area contributed by atoms with E-state index < -0.39 is 42.5 Å². The number of carboxylic acid groups (broad SMARTS) is 1. The Bertz CT molecular complexity index is 1080. The van der Waals surface area contributed by atoms with Gasteiger partial charge in [-0.1, -0.05) is 48.5 Å². The Labute approximate surface area is 184 Å². The highest BCUT2D eigenvalue weighted by Crippen LogP contribution is 2.19. The van der Waals surface area contributed by atoms with Gasteiger partial charge in [0, 0.05) is 23.5 Å². The first-order chi connectivity index (χ1) is 15.4. The van der Waals surface area contributed by atoms with Gasteiger partial charge in [-0.3, -0.25) is 9.59 Å². The molecule has 0 radical (unpaired) electrons. The van der Waals surface area contributed by atoms with Gasteiger partial charge in [0.05, 0.1) is 12.6 Å². The minimum atomic E-state index is -1.48. The zero-order valence-electron chi connectivity index (χ0n) is 17.3. The van der Waals surface area contributed by atoms with E-state index in [0.717, 1.165) is 22.0 Å². The SMILES string of the molecule is NC(Cc1ccccc1)C(=O)NC(Cc1c[nH]c2ccccc12)C(=O)NC(CO)C(=O)O. The van der Waals surface area contributed by atoms with Crippen LogP contribution < -0.4 is 16.4 Å². The van der Waals surface area contributed by atoms with Gasteiger partial charge in [0.25, 0.3) is 0 Å². The highest BCUT2D eigenvalue weighted by molar-refractivity contribution is 5.93. The van der Waals surface area contributed by atoms with Crippen molar-refractivity contribution in [3.8, 4) is 0 Å². The minimum absolute atomic E-state index is 0.109. The number of nitrogens with one attached hydrogen (secondary N) is 3. The fourth-order valence-corrected chi connectivity index (χ4v) is 3.43. The van der Waals surface area contributed by atoms with Crippen LogP contribution in [0.4, 0.5) is 0 Å². The third kappa shape index (κ3) is 5.71. The van der Waals surface area contributed by atoms with Crippen LogP contribution in [-0.2, 0) is 27.2 Å². The first-order valence-corrected chi connectivity index (χ1v) is 10.2. The molecular weight excluding hydrogens is 412 g/mol. The van der Waals surface area contributed by atoms with E-state index >= 15 is 0 Å². The van der Waals surface area contributed by atoms with Crippen LogP contribution in [0.5, 0.6) is 0 Å². The Morgan fingerprint density at radius 1 is 0.906 bits per heavy atom. The van der Waals surface area contributed by atoms with E-state index in [1.807, 2.05) is 54.6 Å². The predicted octanol–water partition coefficient (Wildman–Crippen LogP) is 0.327. The van der Waals surface area contributed by atoms with Crippen LogP contribution in [0.15, 0.2) is 60.8 Å². The van der Waals surface area contributed by atoms with Gasteiger partial charge in [-0.25, -0.2) is 4.79 Å². The molecule has 0 saturated heterocycles. The van der Waals surface area contributed by atoms with Crippen molar-refractivity contribution in [2.45, 2.75) is 31.0 Å². The van der Waals surface area contributed by atoms with Crippen LogP contribution in [0, 0.1) is 0 Å². The number of H-pyrrole nitrogens is 1. The normalized spacial score (nSPS) is 13.8. The van der Waals surface area contributed by atoms with Gasteiger partial charge in [-0.15, -0.1) is 0 Å². The molecule has 0 bridgehead atoms. The van der Waals surface area contributed by atoms with Crippen LogP contribution in [0.2, 0.25) is 0 Å². The van der Waals surface area contributed by atoms with E-state index in [1.165, 1.54) is 0 Å². The zero-order valence-corrected chi connectivity index (χ0v) is 17.3. The number of rotatable bonds is 10. The smallest absolute Gasteiger partial charge is 0.328 e. The molecule has 1 heterocycles. The number of aliphatic carboxylic acids is 1. The van der Waals surface area contributed by atoms with Gasteiger partial charge in [0.15, 0.2) is 0 Å². The number of hydrogen-bond donors (Lipinski definition) is 6. The lowest BCUT2D eigenvalue weighted by Gasteiger charge is -2.22. The van der Waals surface area contributed by atoms with Crippen molar-refractivity contribution in [2.75, 3.05) is 6.61 Å². The van der Waals surface area contributed by atoms with Gasteiger partial charge in [-0.05, 0) is 23.6 Å². The number of carbonyl (C=O) groups is 3. The van der Waals surface area contributed by atoms with Gasteiger partial charge in [-0.2, -0.15) is 0 Å². The monoisotopic (exact) mass is 438 g/mol. The molecule has 9 nitrogen and oxygen atoms in total. The third-order valence-electron chi connectivity index (χ3n) is 5.16. The van der Waals surface area contributed by atoms with Crippen molar-refractivity contribution in [3.63, 3.8) is 0 Å². The van der Waals surface area contributed by atoms with E-state index in [1.54, 1.807) is 6.20 Å². The molecule has 0 spiro atoms. The molecule has 2 aromatic carbocycles. The maximum atomic E-state index is 12.8. The summed E-state index contributed by atoms with van der Waals surface area (Å²) in [6.45, 7) is -0.775. The van der Waals surface area contributed by atoms with Crippen LogP contribution >= 0.6 is 0 Å². The lowest BCUT2D eigenvalue weighted by atomic mass is 10.0. The summed E-state index contributed by atoms with van der Waals surface area (Å²) in [7, 11) is 0. The summed E-state index contributed by atoms with van der Waals surface area (Å²) < 4.78 is 0. The van der Waals surface area contributed by atoms with Crippen molar-refractivity contribution in [1.82, 2.24) is 15.6 Å². The summed E-state index contributed by atoms with van der Waals surface area (Å²) in [5.74, 6) is -2.64. The highest BCUT2D eigenvalue weighted by atomic mass is 16.4. The molecule has 0 aliphatic rings. The average molecular weight is 438 g/mol. The fraction of sp³-hybridized carbons (Fsp3) is 0.261. The predicted molar refractivity (Wildman–Crippen MR) is 119 cm³/mol. The van der Waals surface area contributed by atoms with E-state index in [2.05, 4.69) is 15.6 Å². The van der Waals surface area contributed by atoms with Crippen molar-refractivity contribution in [1.29, 1.82) is 0 Å². The number of benzene rings is 2. The Balaban J connectivity index is 1.78. The van der Waals surface area contributed by atoms with Crippen molar-refractivity contribution in [3.05, 3.63) is 71.9 Å². The summed E-state index contributed by atoms with van der Waals surface area (Å²) in [5.41, 5.74) is 8.57. The first-order valence-electron chi connectivity index (χ1n) is 10.2. The molecule has 2 amide bonds. The summed E-state index contributed by atoms with van der Waals surface area (Å²) in [6.07, 6.45) is 2.13. The van der Waals surface area contributed by atoms with Gasteiger partial charge >= 0.3 is 5.97 Å². The molecule has 0 fully saturated rings. The standard InChI is InChI=1S/C23H26N4O5/c24-17(10-14-6-2-1-3-7-14)21(29)26-19(22(30)27-20(13-28)23(31)32)11-15-12-25-18-9-5-4-8-16(15)18/h1-9,12,17,19-20,25,28H,10-11,13,24H2,(H,26,29)(H,27,30)(H,31,32). The zero-order chi connectivity index (χ0) is 23.1. The Morgan fingerprint density at radius 2 is 1.56 bits per heavy atom. The molecule has 3 rings (SSSR count). The number of aromatic amines is 1. The van der Waals surface area contributed by atoms with Gasteiger partial charge < -0.3 is 31.6 Å². The van der Waals surface area contributed by atoms with E-state index in [9.17, 15) is 19.5 Å². The van der Waals surface area contributed by atoms with Crippen LogP contribution in [0.1, 0.15) is 11.1 Å². The van der Waals surface area contributed by atoms with Crippen molar-refractivity contribution < 1.29 is 24.6 Å². The Morgan fingerprint density at radius 3 is 2.25 bits per heavy atom. The van der Waals surface area contributed by atoms with E-state index in [0.29, 0.717) is 0 Å². The second-order valence-corrected chi connectivity index (χ2v) is 7.50. The topological polar surface area (TPSA) is 158 Å². The molecule has 168 valence electrons. The molecular formula is C23H26N4O5. The van der Waals surface area contributed by atoms with Gasteiger partial charge in [0.1, 0.15) is 12.1 Å². The summed E-state index contributed by atoms with van der Waals surface area (Å²) in [4.78, 5) is 39.9. The number of nitrogens with two attached hydrogens (primary N) is 1. The third-order valence-corrected chi connectivity index (χ3v) is 5.16. The minimum Gasteiger partial charge on any atom is -0.480 e. The molecule has 9 heteroatoms. The molecule has 1 aromatic heterocycles. The molecule has 3 atom stereocenters. The second kappa shape index (κ2) is 10.6. The summed E-state index contributed by atoms with van der Waals surface area (Å²) in [6, 6.07) is 13.3. The lowest BCUT2D eigenvalue weighted by Crippen LogP contribution is -2.56. The second-order valence-electron chi connectivity index (χ2n) is 7.50. The first kappa shape index (κ1) is 23.0. The number of amides is 2. The summed E-state index contributed by atoms with van der Waals surface area (Å²) in [5, 5.41) is 24.2. The van der Waals surface area contributed by atoms with Crippen LogP contribution in [0.3, 0.4) is 0 Å². The quantitative estimate of drug-likeness (QED) is 0.268. The Kier molecular flexibility index (Phi) is 7.58. The fourth-order valence-electron chi connectivity index (χ4n) is 3.43.